The van der Waals surface area contributed by atoms with Crippen molar-refractivity contribution in [3.63, 3.8) is 0 Å². The third-order valence-electron chi connectivity index (χ3n) is 5.47. The number of amides is 1. The first kappa shape index (κ1) is 20.1. The van der Waals surface area contributed by atoms with Crippen molar-refractivity contribution >= 4 is 11.6 Å². The Morgan fingerprint density at radius 3 is 2.25 bits per heavy atom. The Kier molecular flexibility index (Phi) is 6.52. The molecule has 1 unspecified atom stereocenters. The lowest BCUT2D eigenvalue weighted by Crippen LogP contribution is -2.51. The number of anilines is 1. The van der Waals surface area contributed by atoms with Crippen LogP contribution in [-0.2, 0) is 4.79 Å². The first-order valence-corrected chi connectivity index (χ1v) is 9.60. The quantitative estimate of drug-likeness (QED) is 0.765. The van der Waals surface area contributed by atoms with Crippen molar-refractivity contribution in [3.8, 4) is 5.75 Å². The summed E-state index contributed by atoms with van der Waals surface area (Å²) in [5.74, 6) is 0.728. The van der Waals surface area contributed by atoms with Gasteiger partial charge in [0.2, 0.25) is 5.91 Å². The summed E-state index contributed by atoms with van der Waals surface area (Å²) >= 11 is 0. The topological polar surface area (TPSA) is 36.0 Å². The van der Waals surface area contributed by atoms with Gasteiger partial charge in [-0.2, -0.15) is 0 Å². The minimum Gasteiger partial charge on any atom is -0.497 e. The molecule has 28 heavy (non-hydrogen) atoms. The van der Waals surface area contributed by atoms with Crippen LogP contribution in [0.4, 0.5) is 10.1 Å². The van der Waals surface area contributed by atoms with Gasteiger partial charge >= 0.3 is 0 Å². The van der Waals surface area contributed by atoms with E-state index in [9.17, 15) is 9.18 Å². The highest BCUT2D eigenvalue weighted by atomic mass is 19.1. The molecule has 1 aliphatic rings. The number of hydrogen-bond acceptors (Lipinski definition) is 4. The molecular weight excluding hydrogens is 357 g/mol. The summed E-state index contributed by atoms with van der Waals surface area (Å²) in [7, 11) is 3.59. The molecule has 6 heteroatoms. The summed E-state index contributed by atoms with van der Waals surface area (Å²) in [6, 6.07) is 14.5. The van der Waals surface area contributed by atoms with Gasteiger partial charge in [-0.25, -0.2) is 4.39 Å². The number of carbonyl (C=O) groups excluding carboxylic acids is 1. The van der Waals surface area contributed by atoms with E-state index < -0.39 is 0 Å². The van der Waals surface area contributed by atoms with Gasteiger partial charge in [-0.1, -0.05) is 12.1 Å². The largest absolute Gasteiger partial charge is 0.497 e. The van der Waals surface area contributed by atoms with Crippen molar-refractivity contribution in [2.45, 2.75) is 13.0 Å². The Morgan fingerprint density at radius 1 is 1.07 bits per heavy atom. The number of piperazine rings is 1. The number of hydrogen-bond donors (Lipinski definition) is 0. The molecule has 0 bridgehead atoms. The zero-order chi connectivity index (χ0) is 20.1. The summed E-state index contributed by atoms with van der Waals surface area (Å²) < 4.78 is 18.3. The van der Waals surface area contributed by atoms with Gasteiger partial charge in [0.15, 0.2) is 0 Å². The second-order valence-corrected chi connectivity index (χ2v) is 7.21. The van der Waals surface area contributed by atoms with Crippen molar-refractivity contribution in [3.05, 3.63) is 59.9 Å². The van der Waals surface area contributed by atoms with Crippen molar-refractivity contribution in [1.82, 2.24) is 9.80 Å². The average Bonchev–Trinajstić information content (AvgIpc) is 2.74. The van der Waals surface area contributed by atoms with Crippen LogP contribution in [0.2, 0.25) is 0 Å². The van der Waals surface area contributed by atoms with Crippen LogP contribution in [0.15, 0.2) is 48.5 Å². The van der Waals surface area contributed by atoms with E-state index >= 15 is 0 Å². The zero-order valence-corrected chi connectivity index (χ0v) is 16.8. The number of ether oxygens (including phenoxy) is 1. The molecule has 0 N–H and O–H groups in total. The summed E-state index contributed by atoms with van der Waals surface area (Å²) in [5, 5.41) is 0. The van der Waals surface area contributed by atoms with Gasteiger partial charge in [-0.3, -0.25) is 9.69 Å². The molecule has 0 aromatic heterocycles. The molecule has 1 amide bonds. The maximum absolute atomic E-state index is 13.1. The highest BCUT2D eigenvalue weighted by Gasteiger charge is 2.23. The lowest BCUT2D eigenvalue weighted by atomic mass is 10.1. The minimum absolute atomic E-state index is 0.0464. The molecule has 2 aromatic carbocycles. The highest BCUT2D eigenvalue weighted by Crippen LogP contribution is 2.21. The second-order valence-electron chi connectivity index (χ2n) is 7.21. The normalized spacial score (nSPS) is 15.6. The van der Waals surface area contributed by atoms with Crippen molar-refractivity contribution in [2.24, 2.45) is 0 Å². The van der Waals surface area contributed by atoms with Gasteiger partial charge in [0.05, 0.1) is 13.7 Å². The summed E-state index contributed by atoms with van der Waals surface area (Å²) in [4.78, 5) is 18.9. The molecule has 1 saturated heterocycles. The number of likely N-dealkylation sites (N-methyl/N-ethyl adjacent to an activating group) is 1. The van der Waals surface area contributed by atoms with E-state index in [0.717, 1.165) is 30.1 Å². The Hall–Kier alpha value is -2.60. The van der Waals surface area contributed by atoms with Crippen molar-refractivity contribution in [1.29, 1.82) is 0 Å². The monoisotopic (exact) mass is 385 g/mol. The highest BCUT2D eigenvalue weighted by molar-refractivity contribution is 5.78. The third kappa shape index (κ3) is 4.81. The molecule has 1 heterocycles. The van der Waals surface area contributed by atoms with E-state index in [0.29, 0.717) is 19.6 Å². The van der Waals surface area contributed by atoms with Gasteiger partial charge in [0.1, 0.15) is 11.6 Å². The van der Waals surface area contributed by atoms with Crippen molar-refractivity contribution < 1.29 is 13.9 Å². The SMILES string of the molecule is COc1ccc(N2CCN(C(=O)CN(C)C(C)c3ccc(F)cc3)CC2)cc1. The van der Waals surface area contributed by atoms with Crippen molar-refractivity contribution in [2.75, 3.05) is 51.8 Å². The second kappa shape index (κ2) is 9.06. The van der Waals surface area contributed by atoms with Gasteiger partial charge in [-0.15, -0.1) is 0 Å². The van der Waals surface area contributed by atoms with Crippen LogP contribution in [0.25, 0.3) is 0 Å². The smallest absolute Gasteiger partial charge is 0.236 e. The minimum atomic E-state index is -0.246. The van der Waals surface area contributed by atoms with E-state index in [1.165, 1.54) is 12.1 Å². The van der Waals surface area contributed by atoms with Crippen LogP contribution in [-0.4, -0.2) is 62.6 Å². The standard InChI is InChI=1S/C22H28FN3O2/c1-17(18-4-6-19(23)7-5-18)24(2)16-22(27)26-14-12-25(13-15-26)20-8-10-21(28-3)11-9-20/h4-11,17H,12-16H2,1-3H3. The lowest BCUT2D eigenvalue weighted by Gasteiger charge is -2.37. The van der Waals surface area contributed by atoms with E-state index in [1.807, 2.05) is 35.9 Å². The predicted molar refractivity (Wildman–Crippen MR) is 109 cm³/mol. The van der Waals surface area contributed by atoms with Crippen LogP contribution in [0.5, 0.6) is 5.75 Å². The average molecular weight is 385 g/mol. The molecule has 1 atom stereocenters. The molecule has 3 rings (SSSR count). The van der Waals surface area contributed by atoms with Crippen LogP contribution in [0.1, 0.15) is 18.5 Å². The third-order valence-corrected chi connectivity index (χ3v) is 5.47. The molecule has 0 radical (unpaired) electrons. The van der Waals surface area contributed by atoms with Crippen LogP contribution >= 0.6 is 0 Å². The molecule has 0 spiro atoms. The zero-order valence-electron chi connectivity index (χ0n) is 16.8. The number of methoxy groups -OCH3 is 1. The van der Waals surface area contributed by atoms with E-state index in [2.05, 4.69) is 17.0 Å². The molecule has 2 aromatic rings. The number of rotatable bonds is 6. The number of nitrogens with zero attached hydrogens (tertiary/aromatic N) is 3. The fraction of sp³-hybridized carbons (Fsp3) is 0.409. The maximum atomic E-state index is 13.1. The molecule has 0 aliphatic carbocycles. The van der Waals surface area contributed by atoms with Gasteiger partial charge in [-0.05, 0) is 55.9 Å². The number of benzene rings is 2. The first-order chi connectivity index (χ1) is 13.5. The van der Waals surface area contributed by atoms with Crippen LogP contribution in [0, 0.1) is 5.82 Å². The number of carbonyl (C=O) groups is 1. The van der Waals surface area contributed by atoms with E-state index in [-0.39, 0.29) is 17.8 Å². The Morgan fingerprint density at radius 2 is 1.68 bits per heavy atom. The Bertz CT molecular complexity index is 771. The summed E-state index contributed by atoms with van der Waals surface area (Å²) in [6.45, 7) is 5.43. The predicted octanol–water partition coefficient (Wildman–Crippen LogP) is 3.18. The summed E-state index contributed by atoms with van der Waals surface area (Å²) in [6.07, 6.45) is 0. The van der Waals surface area contributed by atoms with Crippen LogP contribution < -0.4 is 9.64 Å². The lowest BCUT2D eigenvalue weighted by molar-refractivity contribution is -0.132. The molecule has 1 aliphatic heterocycles. The summed E-state index contributed by atoms with van der Waals surface area (Å²) in [5.41, 5.74) is 2.15. The van der Waals surface area contributed by atoms with Crippen LogP contribution in [0.3, 0.4) is 0 Å². The number of halogens is 1. The van der Waals surface area contributed by atoms with Gasteiger partial charge < -0.3 is 14.5 Å². The Balaban J connectivity index is 1.50. The van der Waals surface area contributed by atoms with Gasteiger partial charge in [0, 0.05) is 37.9 Å². The molecular formula is C22H28FN3O2. The first-order valence-electron chi connectivity index (χ1n) is 9.60. The molecule has 150 valence electrons. The maximum Gasteiger partial charge on any atom is 0.236 e. The van der Waals surface area contributed by atoms with E-state index in [1.54, 1.807) is 19.2 Å². The van der Waals surface area contributed by atoms with Gasteiger partial charge in [0.25, 0.3) is 0 Å². The fourth-order valence-electron chi connectivity index (χ4n) is 3.45. The Labute approximate surface area is 166 Å². The molecule has 1 fully saturated rings. The van der Waals surface area contributed by atoms with E-state index in [4.69, 9.17) is 4.74 Å². The molecule has 5 nitrogen and oxygen atoms in total. The molecule has 0 saturated carbocycles. The fourth-order valence-corrected chi connectivity index (χ4v) is 3.45.